The van der Waals surface area contributed by atoms with E-state index < -0.39 is 0 Å². The van der Waals surface area contributed by atoms with Crippen LogP contribution in [0, 0.1) is 0 Å². The highest BCUT2D eigenvalue weighted by Crippen LogP contribution is 2.26. The van der Waals surface area contributed by atoms with Gasteiger partial charge in [-0.15, -0.1) is 0 Å². The lowest BCUT2D eigenvalue weighted by molar-refractivity contribution is 0.915. The Balaban J connectivity index is 2.21. The van der Waals surface area contributed by atoms with Crippen LogP contribution in [0.3, 0.4) is 0 Å². The van der Waals surface area contributed by atoms with Gasteiger partial charge in [-0.2, -0.15) is 0 Å². The molecule has 0 aromatic heterocycles. The van der Waals surface area contributed by atoms with E-state index in [0.717, 1.165) is 6.42 Å². The fraction of sp³-hybridized carbons (Fsp3) is 0.250. The fourth-order valence-corrected chi connectivity index (χ4v) is 2.00. The summed E-state index contributed by atoms with van der Waals surface area (Å²) in [5.41, 5.74) is 4.16. The van der Waals surface area contributed by atoms with E-state index in [1.54, 1.807) is 0 Å². The Morgan fingerprint density at radius 3 is 2.50 bits per heavy atom. The molecule has 1 aromatic rings. The number of rotatable bonds is 2. The fourth-order valence-electron chi connectivity index (χ4n) is 2.00. The predicted molar refractivity (Wildman–Crippen MR) is 70.5 cm³/mol. The Bertz CT molecular complexity index is 432. The molecule has 82 valence electrons. The third-order valence-electron chi connectivity index (χ3n) is 3.13. The Labute approximate surface area is 98.0 Å². The number of hydrogen-bond donors (Lipinski definition) is 0. The van der Waals surface area contributed by atoms with Crippen molar-refractivity contribution < 1.29 is 0 Å². The summed E-state index contributed by atoms with van der Waals surface area (Å²) in [7, 11) is 0. The molecule has 1 aromatic carbocycles. The molecule has 0 nitrogen and oxygen atoms in total. The van der Waals surface area contributed by atoms with E-state index in [1.807, 2.05) is 0 Å². The molecule has 0 aliphatic heterocycles. The van der Waals surface area contributed by atoms with Crippen molar-refractivity contribution in [3.8, 4) is 0 Å². The Kier molecular flexibility index (Phi) is 3.40. The predicted octanol–water partition coefficient (Wildman–Crippen LogP) is 4.62. The standard InChI is InChI=1S/C16H18/c1-13-7-6-10-16(12-11-13)14(2)15-8-4-3-5-9-15/h3-5,7-12,14H,6H2,1-2H3. The molecular weight excluding hydrogens is 192 g/mol. The Hall–Kier alpha value is -1.56. The molecule has 16 heavy (non-hydrogen) atoms. The number of benzene rings is 1. The van der Waals surface area contributed by atoms with Crippen molar-refractivity contribution in [2.24, 2.45) is 0 Å². The van der Waals surface area contributed by atoms with Gasteiger partial charge < -0.3 is 0 Å². The summed E-state index contributed by atoms with van der Waals surface area (Å²) in [6.07, 6.45) is 10.1. The van der Waals surface area contributed by atoms with Crippen molar-refractivity contribution in [3.63, 3.8) is 0 Å². The largest absolute Gasteiger partial charge is 0.0778 e. The van der Waals surface area contributed by atoms with Crippen molar-refractivity contribution in [2.75, 3.05) is 0 Å². The van der Waals surface area contributed by atoms with Gasteiger partial charge in [0, 0.05) is 5.92 Å². The summed E-state index contributed by atoms with van der Waals surface area (Å²) in [6.45, 7) is 4.42. The van der Waals surface area contributed by atoms with Crippen LogP contribution in [0.2, 0.25) is 0 Å². The minimum Gasteiger partial charge on any atom is -0.0778 e. The van der Waals surface area contributed by atoms with Gasteiger partial charge in [0.1, 0.15) is 0 Å². The van der Waals surface area contributed by atoms with E-state index in [9.17, 15) is 0 Å². The van der Waals surface area contributed by atoms with Crippen molar-refractivity contribution in [1.29, 1.82) is 0 Å². The van der Waals surface area contributed by atoms with Crippen LogP contribution < -0.4 is 0 Å². The van der Waals surface area contributed by atoms with Gasteiger partial charge in [-0.05, 0) is 24.5 Å². The van der Waals surface area contributed by atoms with Gasteiger partial charge in [0.25, 0.3) is 0 Å². The zero-order valence-corrected chi connectivity index (χ0v) is 9.98. The Morgan fingerprint density at radius 1 is 1.00 bits per heavy atom. The maximum Gasteiger partial charge on any atom is 0.00579 e. The lowest BCUT2D eigenvalue weighted by Crippen LogP contribution is -1.95. The van der Waals surface area contributed by atoms with Crippen LogP contribution in [0.25, 0.3) is 0 Å². The number of hydrogen-bond acceptors (Lipinski definition) is 0. The molecule has 0 spiro atoms. The lowest BCUT2D eigenvalue weighted by atomic mass is 9.92. The second kappa shape index (κ2) is 4.98. The maximum atomic E-state index is 2.32. The second-order valence-corrected chi connectivity index (χ2v) is 4.35. The van der Waals surface area contributed by atoms with Crippen LogP contribution in [-0.2, 0) is 0 Å². The second-order valence-electron chi connectivity index (χ2n) is 4.35. The summed E-state index contributed by atoms with van der Waals surface area (Å²) in [6, 6.07) is 10.7. The molecule has 1 unspecified atom stereocenters. The lowest BCUT2D eigenvalue weighted by Gasteiger charge is -2.13. The van der Waals surface area contributed by atoms with Crippen molar-refractivity contribution >= 4 is 0 Å². The molecule has 0 heteroatoms. The smallest absolute Gasteiger partial charge is 0.00579 e. The summed E-state index contributed by atoms with van der Waals surface area (Å²) >= 11 is 0. The third-order valence-corrected chi connectivity index (χ3v) is 3.13. The van der Waals surface area contributed by atoms with Gasteiger partial charge in [-0.25, -0.2) is 0 Å². The highest BCUT2D eigenvalue weighted by molar-refractivity contribution is 5.38. The SMILES string of the molecule is CC1=CCC=C(C(C)c2ccccc2)C=C1. The molecule has 0 saturated heterocycles. The quantitative estimate of drug-likeness (QED) is 0.668. The highest BCUT2D eigenvalue weighted by atomic mass is 14.1. The van der Waals surface area contributed by atoms with E-state index in [-0.39, 0.29) is 0 Å². The van der Waals surface area contributed by atoms with Crippen LogP contribution in [0.5, 0.6) is 0 Å². The van der Waals surface area contributed by atoms with E-state index >= 15 is 0 Å². The summed E-state index contributed by atoms with van der Waals surface area (Å²) in [5, 5.41) is 0. The van der Waals surface area contributed by atoms with E-state index in [0.29, 0.717) is 5.92 Å². The van der Waals surface area contributed by atoms with Crippen LogP contribution in [0.1, 0.15) is 31.7 Å². The summed E-state index contributed by atoms with van der Waals surface area (Å²) < 4.78 is 0. The zero-order valence-electron chi connectivity index (χ0n) is 9.98. The van der Waals surface area contributed by atoms with Gasteiger partial charge in [0.05, 0.1) is 0 Å². The van der Waals surface area contributed by atoms with Gasteiger partial charge in [-0.1, -0.05) is 67.1 Å². The molecule has 0 N–H and O–H groups in total. The van der Waals surface area contributed by atoms with Crippen molar-refractivity contribution in [3.05, 3.63) is 71.3 Å². The molecule has 1 aliphatic rings. The van der Waals surface area contributed by atoms with E-state index in [2.05, 4.69) is 68.5 Å². The van der Waals surface area contributed by atoms with Crippen LogP contribution in [0.15, 0.2) is 65.8 Å². The van der Waals surface area contributed by atoms with Crippen molar-refractivity contribution in [2.45, 2.75) is 26.2 Å². The highest BCUT2D eigenvalue weighted by Gasteiger charge is 2.08. The van der Waals surface area contributed by atoms with Gasteiger partial charge >= 0.3 is 0 Å². The van der Waals surface area contributed by atoms with Gasteiger partial charge in [-0.3, -0.25) is 0 Å². The molecule has 0 saturated carbocycles. The molecule has 1 atom stereocenters. The van der Waals surface area contributed by atoms with Crippen LogP contribution in [-0.4, -0.2) is 0 Å². The monoisotopic (exact) mass is 210 g/mol. The van der Waals surface area contributed by atoms with E-state index in [1.165, 1.54) is 16.7 Å². The molecule has 0 fully saturated rings. The number of allylic oxidation sites excluding steroid dienone is 6. The third kappa shape index (κ3) is 2.52. The zero-order chi connectivity index (χ0) is 11.4. The minimum absolute atomic E-state index is 0.483. The average Bonchev–Trinajstić information content (AvgIpc) is 2.54. The molecule has 1 aliphatic carbocycles. The molecule has 0 heterocycles. The molecule has 0 amide bonds. The molecular formula is C16H18. The maximum absolute atomic E-state index is 2.32. The first-order valence-corrected chi connectivity index (χ1v) is 5.87. The summed E-state index contributed by atoms with van der Waals surface area (Å²) in [4.78, 5) is 0. The summed E-state index contributed by atoms with van der Waals surface area (Å²) in [5.74, 6) is 0.483. The van der Waals surface area contributed by atoms with Crippen LogP contribution >= 0.6 is 0 Å². The average molecular weight is 210 g/mol. The normalized spacial score (nSPS) is 17.4. The van der Waals surface area contributed by atoms with E-state index in [4.69, 9.17) is 0 Å². The molecule has 2 rings (SSSR count). The Morgan fingerprint density at radius 2 is 1.75 bits per heavy atom. The first-order chi connectivity index (χ1) is 7.77. The molecule has 0 bridgehead atoms. The van der Waals surface area contributed by atoms with Gasteiger partial charge in [0.15, 0.2) is 0 Å². The van der Waals surface area contributed by atoms with Crippen molar-refractivity contribution in [1.82, 2.24) is 0 Å². The topological polar surface area (TPSA) is 0 Å². The first kappa shape index (κ1) is 10.9. The van der Waals surface area contributed by atoms with Crippen LogP contribution in [0.4, 0.5) is 0 Å². The van der Waals surface area contributed by atoms with Gasteiger partial charge in [0.2, 0.25) is 0 Å². The molecule has 0 radical (unpaired) electrons. The minimum atomic E-state index is 0.483. The first-order valence-electron chi connectivity index (χ1n) is 5.87.